The quantitative estimate of drug-likeness (QED) is 0.231. The summed E-state index contributed by atoms with van der Waals surface area (Å²) in [5, 5.41) is 9.15. The Labute approximate surface area is 214 Å². The number of esters is 1. The molecule has 2 aromatic carbocycles. The molecule has 0 bridgehead atoms. The summed E-state index contributed by atoms with van der Waals surface area (Å²) in [5.41, 5.74) is 0.144. The van der Waals surface area contributed by atoms with E-state index in [2.05, 4.69) is 4.74 Å². The van der Waals surface area contributed by atoms with Crippen molar-refractivity contribution in [3.05, 3.63) is 46.9 Å². The van der Waals surface area contributed by atoms with Crippen LogP contribution < -0.4 is 23.7 Å². The fourth-order valence-corrected chi connectivity index (χ4v) is 4.05. The molecule has 0 fully saturated rings. The standard InChI is InChI=1S/C23H22F4O10S/c1-33-14-10-17(35-3)15(18(11-14)36-4)7-8-38(31,32)12-13-5-6-16(34-2)19(9-13)37-21(30)23(26,27)22(24,25)20(28)29/h5-11H,12H2,1-4H3,(H,28,29). The monoisotopic (exact) mass is 566 g/mol. The molecule has 1 N–H and O–H groups in total. The van der Waals surface area contributed by atoms with Crippen molar-refractivity contribution >= 4 is 27.9 Å². The molecule has 0 amide bonds. The largest absolute Gasteiger partial charge is 0.496 e. The molecule has 0 unspecified atom stereocenters. The van der Waals surface area contributed by atoms with Crippen molar-refractivity contribution in [2.45, 2.75) is 17.6 Å². The number of carboxylic acid groups (broad SMARTS) is 1. The van der Waals surface area contributed by atoms with Crippen LogP contribution in [0.4, 0.5) is 17.6 Å². The first-order chi connectivity index (χ1) is 17.6. The van der Waals surface area contributed by atoms with Gasteiger partial charge < -0.3 is 28.8 Å². The van der Waals surface area contributed by atoms with Gasteiger partial charge in [0.15, 0.2) is 21.3 Å². The number of hydrogen-bond donors (Lipinski definition) is 1. The van der Waals surface area contributed by atoms with E-state index < -0.39 is 50.9 Å². The van der Waals surface area contributed by atoms with Crippen molar-refractivity contribution in [2.75, 3.05) is 28.4 Å². The summed E-state index contributed by atoms with van der Waals surface area (Å²) in [7, 11) is 1.05. The second-order valence-corrected chi connectivity index (χ2v) is 9.27. The topological polar surface area (TPSA) is 135 Å². The zero-order valence-corrected chi connectivity index (χ0v) is 21.1. The minimum Gasteiger partial charge on any atom is -0.496 e. The van der Waals surface area contributed by atoms with Crippen molar-refractivity contribution in [3.63, 3.8) is 0 Å². The molecule has 0 aliphatic rings. The molecule has 0 saturated carbocycles. The molecule has 208 valence electrons. The molecule has 0 saturated heterocycles. The van der Waals surface area contributed by atoms with Gasteiger partial charge in [0.05, 0.1) is 39.8 Å². The maximum atomic E-state index is 13.8. The molecule has 0 atom stereocenters. The number of alkyl halides is 4. The van der Waals surface area contributed by atoms with E-state index in [1.807, 2.05) is 0 Å². The van der Waals surface area contributed by atoms with E-state index in [1.165, 1.54) is 45.6 Å². The number of benzene rings is 2. The van der Waals surface area contributed by atoms with E-state index in [0.29, 0.717) is 5.75 Å². The number of methoxy groups -OCH3 is 4. The molecule has 0 aromatic heterocycles. The molecule has 2 aromatic rings. The third kappa shape index (κ3) is 6.45. The number of carboxylic acids is 1. The Bertz CT molecular complexity index is 1310. The molecule has 10 nitrogen and oxygen atoms in total. The van der Waals surface area contributed by atoms with Crippen LogP contribution in [0.1, 0.15) is 11.1 Å². The Hall–Kier alpha value is -4.01. The van der Waals surface area contributed by atoms with Crippen LogP contribution >= 0.6 is 0 Å². The Morgan fingerprint density at radius 2 is 1.39 bits per heavy atom. The van der Waals surface area contributed by atoms with E-state index in [9.17, 15) is 35.6 Å². The van der Waals surface area contributed by atoms with Crippen molar-refractivity contribution in [3.8, 4) is 28.7 Å². The van der Waals surface area contributed by atoms with Crippen molar-refractivity contribution < 1.29 is 64.4 Å². The van der Waals surface area contributed by atoms with Gasteiger partial charge in [0, 0.05) is 17.5 Å². The summed E-state index contributed by atoms with van der Waals surface area (Å²) < 4.78 is 104. The van der Waals surface area contributed by atoms with Gasteiger partial charge >= 0.3 is 23.8 Å². The van der Waals surface area contributed by atoms with Crippen LogP contribution in [0.15, 0.2) is 35.7 Å². The lowest BCUT2D eigenvalue weighted by Gasteiger charge is -2.21. The van der Waals surface area contributed by atoms with Crippen LogP contribution in [0.5, 0.6) is 28.7 Å². The van der Waals surface area contributed by atoms with Gasteiger partial charge in [-0.2, -0.15) is 17.6 Å². The first-order valence-electron chi connectivity index (χ1n) is 10.2. The van der Waals surface area contributed by atoms with Crippen LogP contribution in [-0.2, 0) is 25.2 Å². The van der Waals surface area contributed by atoms with Crippen LogP contribution in [-0.4, -0.2) is 65.7 Å². The number of halogens is 4. The normalized spacial score (nSPS) is 12.2. The van der Waals surface area contributed by atoms with Crippen LogP contribution in [0.25, 0.3) is 6.08 Å². The second-order valence-electron chi connectivity index (χ2n) is 7.38. The highest BCUT2D eigenvalue weighted by molar-refractivity contribution is 7.93. The Kier molecular flexibility index (Phi) is 9.21. The van der Waals surface area contributed by atoms with Gasteiger partial charge in [0.1, 0.15) is 17.2 Å². The molecule has 0 aliphatic heterocycles. The van der Waals surface area contributed by atoms with Gasteiger partial charge in [-0.25, -0.2) is 18.0 Å². The lowest BCUT2D eigenvalue weighted by atomic mass is 10.1. The lowest BCUT2D eigenvalue weighted by Crippen LogP contribution is -2.53. The third-order valence-electron chi connectivity index (χ3n) is 4.91. The fraction of sp³-hybridized carbons (Fsp3) is 0.304. The van der Waals surface area contributed by atoms with Crippen molar-refractivity contribution in [2.24, 2.45) is 0 Å². The van der Waals surface area contributed by atoms with Gasteiger partial charge in [-0.05, 0) is 23.8 Å². The third-order valence-corrected chi connectivity index (χ3v) is 6.20. The number of carbonyl (C=O) groups excluding carboxylic acids is 1. The van der Waals surface area contributed by atoms with Gasteiger partial charge in [0.25, 0.3) is 0 Å². The molecular weight excluding hydrogens is 544 g/mol. The molecule has 0 aliphatic carbocycles. The van der Waals surface area contributed by atoms with Gasteiger partial charge in [-0.15, -0.1) is 0 Å². The molecule has 2 rings (SSSR count). The van der Waals surface area contributed by atoms with E-state index in [4.69, 9.17) is 24.1 Å². The summed E-state index contributed by atoms with van der Waals surface area (Å²) in [6.45, 7) is 0. The molecule has 0 radical (unpaired) electrons. The summed E-state index contributed by atoms with van der Waals surface area (Å²) in [6.07, 6.45) is 1.19. The van der Waals surface area contributed by atoms with Crippen LogP contribution in [0.3, 0.4) is 0 Å². The van der Waals surface area contributed by atoms with Gasteiger partial charge in [0.2, 0.25) is 0 Å². The Balaban J connectivity index is 2.37. The predicted molar refractivity (Wildman–Crippen MR) is 124 cm³/mol. The number of rotatable bonds is 12. The average molecular weight is 566 g/mol. The highest BCUT2D eigenvalue weighted by atomic mass is 32.2. The maximum Gasteiger partial charge on any atom is 0.416 e. The zero-order valence-electron chi connectivity index (χ0n) is 20.3. The number of hydrogen-bond acceptors (Lipinski definition) is 9. The molecule has 38 heavy (non-hydrogen) atoms. The summed E-state index contributed by atoms with van der Waals surface area (Å²) in [5.74, 6) is -18.8. The van der Waals surface area contributed by atoms with E-state index in [0.717, 1.165) is 24.7 Å². The van der Waals surface area contributed by atoms with Crippen LogP contribution in [0, 0.1) is 0 Å². The first kappa shape index (κ1) is 30.2. The summed E-state index contributed by atoms with van der Waals surface area (Å²) in [4.78, 5) is 22.2. The van der Waals surface area contributed by atoms with E-state index >= 15 is 0 Å². The van der Waals surface area contributed by atoms with Crippen LogP contribution in [0.2, 0.25) is 0 Å². The SMILES string of the molecule is COc1cc(OC)c(C=CS(=O)(=O)Cc2ccc(OC)c(OC(=O)C(F)(F)C(F)(F)C(=O)O)c2)c(OC)c1. The van der Waals surface area contributed by atoms with Gasteiger partial charge in [-0.3, -0.25) is 0 Å². The number of sulfone groups is 1. The number of aliphatic carboxylic acids is 1. The number of carbonyl (C=O) groups is 2. The van der Waals surface area contributed by atoms with Gasteiger partial charge in [-0.1, -0.05) is 6.07 Å². The maximum absolute atomic E-state index is 13.8. The Morgan fingerprint density at radius 3 is 1.87 bits per heavy atom. The molecule has 15 heteroatoms. The molecular formula is C23H22F4O10S. The Morgan fingerprint density at radius 1 is 0.842 bits per heavy atom. The highest BCUT2D eigenvalue weighted by Gasteiger charge is 2.69. The first-order valence-corrected chi connectivity index (χ1v) is 11.9. The van der Waals surface area contributed by atoms with E-state index in [1.54, 1.807) is 0 Å². The molecule has 0 heterocycles. The summed E-state index contributed by atoms with van der Waals surface area (Å²) in [6, 6.07) is 6.01. The molecule has 0 spiro atoms. The summed E-state index contributed by atoms with van der Waals surface area (Å²) >= 11 is 0. The lowest BCUT2D eigenvalue weighted by molar-refractivity contribution is -0.229. The van der Waals surface area contributed by atoms with E-state index in [-0.39, 0.29) is 22.6 Å². The predicted octanol–water partition coefficient (Wildman–Crippen LogP) is 3.57. The highest BCUT2D eigenvalue weighted by Crippen LogP contribution is 2.38. The fourth-order valence-electron chi connectivity index (χ4n) is 2.97. The van der Waals surface area contributed by atoms with Crippen molar-refractivity contribution in [1.29, 1.82) is 0 Å². The van der Waals surface area contributed by atoms with Crippen molar-refractivity contribution in [1.82, 2.24) is 0 Å². The zero-order chi connectivity index (χ0) is 28.9. The number of ether oxygens (including phenoxy) is 5. The smallest absolute Gasteiger partial charge is 0.416 e. The second kappa shape index (κ2) is 11.6. The minimum atomic E-state index is -5.77. The average Bonchev–Trinajstić information content (AvgIpc) is 2.86. The minimum absolute atomic E-state index is 0.111.